The minimum absolute atomic E-state index is 0.0563. The summed E-state index contributed by atoms with van der Waals surface area (Å²) in [6.07, 6.45) is 0.714. The largest absolute Gasteiger partial charge is 0.361 e. The average molecular weight is 242 g/mol. The summed E-state index contributed by atoms with van der Waals surface area (Å²) >= 11 is 0. The molecule has 0 unspecified atom stereocenters. The summed E-state index contributed by atoms with van der Waals surface area (Å²) < 4.78 is 0. The van der Waals surface area contributed by atoms with Gasteiger partial charge < -0.3 is 5.53 Å². The zero-order valence-corrected chi connectivity index (χ0v) is 8.98. The highest BCUT2D eigenvalue weighted by atomic mass is 16.6. The fourth-order valence-electron chi connectivity index (χ4n) is 1.55. The number of hydrogen-bond acceptors (Lipinski definition) is 4. The van der Waals surface area contributed by atoms with Crippen molar-refractivity contribution in [3.8, 4) is 0 Å². The highest BCUT2D eigenvalue weighted by Gasteiger charge is 2.14. The van der Waals surface area contributed by atoms with Crippen molar-refractivity contribution in [3.63, 3.8) is 0 Å². The third-order valence-electron chi connectivity index (χ3n) is 2.33. The lowest BCUT2D eigenvalue weighted by atomic mass is 10.1. The Hall–Kier alpha value is -2.92. The van der Waals surface area contributed by atoms with Crippen molar-refractivity contribution in [3.05, 3.63) is 51.7 Å². The van der Waals surface area contributed by atoms with Crippen LogP contribution in [0.4, 0.5) is 5.69 Å². The second kappa shape index (κ2) is 4.52. The first-order valence-electron chi connectivity index (χ1n) is 4.89. The van der Waals surface area contributed by atoms with Crippen LogP contribution in [-0.2, 0) is 0 Å². The van der Waals surface area contributed by atoms with Crippen molar-refractivity contribution in [1.82, 2.24) is 4.98 Å². The Morgan fingerprint density at radius 1 is 1.39 bits per heavy atom. The van der Waals surface area contributed by atoms with E-state index in [1.165, 1.54) is 24.3 Å². The number of nitro groups is 1. The minimum atomic E-state index is -0.578. The maximum absolute atomic E-state index is 11.4. The lowest BCUT2D eigenvalue weighted by Gasteiger charge is -1.99. The van der Waals surface area contributed by atoms with Crippen LogP contribution in [0.15, 0.2) is 30.3 Å². The fourth-order valence-corrected chi connectivity index (χ4v) is 1.55. The minimum Gasteiger partial charge on any atom is -0.361 e. The fraction of sp³-hybridized carbons (Fsp3) is 0. The van der Waals surface area contributed by atoms with E-state index in [0.29, 0.717) is 17.1 Å². The molecule has 88 valence electrons. The van der Waals surface area contributed by atoms with Crippen molar-refractivity contribution in [2.24, 2.45) is 0 Å². The normalized spacial score (nSPS) is 9.78. The van der Waals surface area contributed by atoms with Crippen LogP contribution in [0.5, 0.6) is 0 Å². The summed E-state index contributed by atoms with van der Waals surface area (Å²) in [5.41, 5.74) is 8.58. The number of ketones is 1. The first kappa shape index (κ1) is 11.6. The molecule has 1 heterocycles. The Bertz CT molecular complexity index is 705. The average Bonchev–Trinajstić information content (AvgIpc) is 2.37. The number of carbonyl (C=O) groups excluding carboxylic acids is 1. The molecule has 0 saturated heterocycles. The van der Waals surface area contributed by atoms with Gasteiger partial charge >= 0.3 is 6.21 Å². The monoisotopic (exact) mass is 242 g/mol. The number of hydrogen-bond donors (Lipinski definition) is 0. The number of aromatic nitrogens is 1. The molecule has 0 fully saturated rings. The Kier molecular flexibility index (Phi) is 2.90. The Labute approximate surface area is 100 Å². The smallest absolute Gasteiger partial charge is 0.329 e. The zero-order valence-electron chi connectivity index (χ0n) is 8.98. The standard InChI is InChI=1S/C11H6N4O3/c12-13-6-11(16)9-5-4-7-8(14-9)2-1-3-10(7)15(17)18/h1-6H. The van der Waals surface area contributed by atoms with Crippen molar-refractivity contribution < 1.29 is 14.5 Å². The quantitative estimate of drug-likeness (QED) is 0.203. The van der Waals surface area contributed by atoms with Gasteiger partial charge in [-0.05, 0) is 18.2 Å². The molecule has 0 aliphatic rings. The van der Waals surface area contributed by atoms with Gasteiger partial charge in [0.2, 0.25) is 0 Å². The lowest BCUT2D eigenvalue weighted by Crippen LogP contribution is -2.04. The molecule has 0 N–H and O–H groups in total. The summed E-state index contributed by atoms with van der Waals surface area (Å²) in [5.74, 6) is -0.578. The molecule has 1 aromatic carbocycles. The van der Waals surface area contributed by atoms with Crippen LogP contribution in [-0.4, -0.2) is 26.7 Å². The van der Waals surface area contributed by atoms with Gasteiger partial charge in [-0.1, -0.05) is 6.07 Å². The van der Waals surface area contributed by atoms with E-state index in [1.54, 1.807) is 6.07 Å². The van der Waals surface area contributed by atoms with Gasteiger partial charge in [-0.3, -0.25) is 14.9 Å². The molecule has 0 radical (unpaired) electrons. The Morgan fingerprint density at radius 3 is 2.83 bits per heavy atom. The number of non-ortho nitro benzene ring substituents is 1. The first-order valence-corrected chi connectivity index (χ1v) is 4.89. The maximum Gasteiger partial charge on any atom is 0.329 e. The van der Waals surface area contributed by atoms with Gasteiger partial charge in [0.25, 0.3) is 11.5 Å². The van der Waals surface area contributed by atoms with E-state index in [4.69, 9.17) is 5.53 Å². The molecule has 7 heteroatoms. The first-order chi connectivity index (χ1) is 8.63. The van der Waals surface area contributed by atoms with Crippen LogP contribution in [0.1, 0.15) is 10.5 Å². The van der Waals surface area contributed by atoms with Gasteiger partial charge in [-0.2, -0.15) is 4.79 Å². The van der Waals surface area contributed by atoms with E-state index >= 15 is 0 Å². The summed E-state index contributed by atoms with van der Waals surface area (Å²) in [6.45, 7) is 0. The molecule has 1 aromatic heterocycles. The number of pyridine rings is 1. The molecular formula is C11H6N4O3. The van der Waals surface area contributed by atoms with E-state index < -0.39 is 10.7 Å². The maximum atomic E-state index is 11.4. The molecule has 0 aliphatic heterocycles. The summed E-state index contributed by atoms with van der Waals surface area (Å²) in [4.78, 5) is 28.3. The number of nitro benzene ring substituents is 1. The molecule has 0 saturated carbocycles. The predicted molar refractivity (Wildman–Crippen MR) is 62.4 cm³/mol. The molecule has 2 aromatic rings. The SMILES string of the molecule is [N-]=[N+]=CC(=O)c1ccc2c([N+](=O)[O-])cccc2n1. The van der Waals surface area contributed by atoms with Crippen molar-refractivity contribution >= 4 is 28.6 Å². The van der Waals surface area contributed by atoms with Crippen LogP contribution < -0.4 is 0 Å². The van der Waals surface area contributed by atoms with Gasteiger partial charge in [-0.25, -0.2) is 4.98 Å². The molecule has 0 amide bonds. The molecule has 0 aliphatic carbocycles. The number of Topliss-reactive ketones (excluding diaryl/α,β-unsaturated/α-hetero) is 1. The predicted octanol–water partition coefficient (Wildman–Crippen LogP) is 1.63. The number of rotatable bonds is 3. The molecule has 0 atom stereocenters. The molecule has 0 bridgehead atoms. The van der Waals surface area contributed by atoms with Crippen LogP contribution in [0, 0.1) is 10.1 Å². The highest BCUT2D eigenvalue weighted by Crippen LogP contribution is 2.23. The van der Waals surface area contributed by atoms with Gasteiger partial charge in [0.1, 0.15) is 5.69 Å². The number of benzene rings is 1. The van der Waals surface area contributed by atoms with Crippen LogP contribution in [0.2, 0.25) is 0 Å². The van der Waals surface area contributed by atoms with Crippen molar-refractivity contribution in [2.75, 3.05) is 0 Å². The van der Waals surface area contributed by atoms with Gasteiger partial charge in [0.05, 0.1) is 15.8 Å². The number of carbonyl (C=O) groups is 1. The summed E-state index contributed by atoms with van der Waals surface area (Å²) in [6, 6.07) is 7.20. The van der Waals surface area contributed by atoms with E-state index in [1.807, 2.05) is 0 Å². The van der Waals surface area contributed by atoms with E-state index in [2.05, 4.69) is 9.77 Å². The summed E-state index contributed by atoms with van der Waals surface area (Å²) in [7, 11) is 0. The van der Waals surface area contributed by atoms with Crippen LogP contribution in [0.25, 0.3) is 16.4 Å². The second-order valence-electron chi connectivity index (χ2n) is 3.41. The lowest BCUT2D eigenvalue weighted by molar-refractivity contribution is -0.383. The zero-order chi connectivity index (χ0) is 13.1. The van der Waals surface area contributed by atoms with E-state index in [-0.39, 0.29) is 11.4 Å². The van der Waals surface area contributed by atoms with Gasteiger partial charge in [-0.15, -0.1) is 0 Å². The van der Waals surface area contributed by atoms with E-state index in [9.17, 15) is 14.9 Å². The Morgan fingerprint density at radius 2 is 2.17 bits per heavy atom. The third-order valence-corrected chi connectivity index (χ3v) is 2.33. The molecule has 0 spiro atoms. The Balaban J connectivity index is 2.64. The third kappa shape index (κ3) is 1.98. The van der Waals surface area contributed by atoms with E-state index in [0.717, 1.165) is 0 Å². The number of fused-ring (bicyclic) bond motifs is 1. The second-order valence-corrected chi connectivity index (χ2v) is 3.41. The van der Waals surface area contributed by atoms with Gasteiger partial charge in [0.15, 0.2) is 0 Å². The summed E-state index contributed by atoms with van der Waals surface area (Å²) in [5, 5.41) is 11.1. The molecule has 18 heavy (non-hydrogen) atoms. The van der Waals surface area contributed by atoms with Crippen molar-refractivity contribution in [1.29, 1.82) is 0 Å². The van der Waals surface area contributed by atoms with Crippen LogP contribution >= 0.6 is 0 Å². The van der Waals surface area contributed by atoms with Crippen LogP contribution in [0.3, 0.4) is 0 Å². The number of nitrogens with zero attached hydrogens (tertiary/aromatic N) is 4. The molecule has 2 rings (SSSR count). The highest BCUT2D eigenvalue weighted by molar-refractivity contribution is 6.33. The molecular weight excluding hydrogens is 236 g/mol. The topological polar surface area (TPSA) is 110 Å². The van der Waals surface area contributed by atoms with Gasteiger partial charge in [0, 0.05) is 6.07 Å². The van der Waals surface area contributed by atoms with Crippen molar-refractivity contribution in [2.45, 2.75) is 0 Å². The molecule has 7 nitrogen and oxygen atoms in total.